The molecule has 1 aliphatic rings. The number of hydrogen-bond donors (Lipinski definition) is 1. The standard InChI is InChI=1S/C26H28Cl2N4O4/c1-33-23-14-22(19(27)12-20(23)28)31-26-17(15-29)16-30-21-13-25(24(34-2)11-18(21)26)36-8-4-3-5-32-6-9-35-10-7-32/h11-14,16H,3-10H2,1-2H3,(H,30,31). The van der Waals surface area contributed by atoms with Crippen LogP contribution >= 0.6 is 23.2 Å². The van der Waals surface area contributed by atoms with Crippen molar-refractivity contribution in [1.29, 1.82) is 5.26 Å². The van der Waals surface area contributed by atoms with Gasteiger partial charge in [0.1, 0.15) is 11.8 Å². The number of unbranched alkanes of at least 4 members (excludes halogenated alkanes) is 1. The molecule has 0 bridgehead atoms. The van der Waals surface area contributed by atoms with Gasteiger partial charge in [-0.2, -0.15) is 5.26 Å². The highest BCUT2D eigenvalue weighted by Gasteiger charge is 2.17. The van der Waals surface area contributed by atoms with Crippen LogP contribution in [0.25, 0.3) is 10.9 Å². The Hall–Kier alpha value is -2.96. The van der Waals surface area contributed by atoms with Gasteiger partial charge in [-0.1, -0.05) is 23.2 Å². The van der Waals surface area contributed by atoms with Gasteiger partial charge in [-0.05, 0) is 31.5 Å². The van der Waals surface area contributed by atoms with Crippen molar-refractivity contribution in [2.24, 2.45) is 0 Å². The number of anilines is 2. The number of pyridine rings is 1. The first kappa shape index (κ1) is 26.1. The van der Waals surface area contributed by atoms with Crippen LogP contribution < -0.4 is 19.5 Å². The van der Waals surface area contributed by atoms with E-state index in [1.807, 2.05) is 12.1 Å². The molecule has 8 nitrogen and oxygen atoms in total. The van der Waals surface area contributed by atoms with E-state index < -0.39 is 0 Å². The molecular weight excluding hydrogens is 503 g/mol. The molecule has 190 valence electrons. The smallest absolute Gasteiger partial charge is 0.163 e. The minimum atomic E-state index is 0.353. The molecular formula is C26H28Cl2N4O4. The van der Waals surface area contributed by atoms with Crippen LogP contribution in [0.3, 0.4) is 0 Å². The van der Waals surface area contributed by atoms with Gasteiger partial charge in [0.25, 0.3) is 0 Å². The van der Waals surface area contributed by atoms with Crippen molar-refractivity contribution in [2.75, 3.05) is 59.0 Å². The Balaban J connectivity index is 1.55. The number of aromatic nitrogens is 1. The topological polar surface area (TPSA) is 88.9 Å². The molecule has 0 unspecified atom stereocenters. The Morgan fingerprint density at radius 1 is 1.03 bits per heavy atom. The van der Waals surface area contributed by atoms with Crippen LogP contribution in [0.5, 0.6) is 17.2 Å². The van der Waals surface area contributed by atoms with Crippen LogP contribution in [0.1, 0.15) is 18.4 Å². The first-order chi connectivity index (χ1) is 17.5. The van der Waals surface area contributed by atoms with Crippen molar-refractivity contribution in [3.05, 3.63) is 46.1 Å². The lowest BCUT2D eigenvalue weighted by atomic mass is 10.1. The lowest BCUT2D eigenvalue weighted by molar-refractivity contribution is 0.0368. The van der Waals surface area contributed by atoms with E-state index in [2.05, 4.69) is 21.3 Å². The van der Waals surface area contributed by atoms with E-state index in [0.717, 1.165) is 45.7 Å². The molecule has 2 heterocycles. The molecule has 2 aromatic carbocycles. The van der Waals surface area contributed by atoms with Gasteiger partial charge in [0.2, 0.25) is 0 Å². The first-order valence-corrected chi connectivity index (χ1v) is 12.4. The predicted molar refractivity (Wildman–Crippen MR) is 141 cm³/mol. The van der Waals surface area contributed by atoms with E-state index in [1.54, 1.807) is 19.2 Å². The number of ether oxygens (including phenoxy) is 4. The molecule has 1 saturated heterocycles. The third-order valence-electron chi connectivity index (χ3n) is 6.00. The Morgan fingerprint density at radius 2 is 1.81 bits per heavy atom. The monoisotopic (exact) mass is 530 g/mol. The summed E-state index contributed by atoms with van der Waals surface area (Å²) in [5, 5.41) is 14.5. The quantitative estimate of drug-likeness (QED) is 0.335. The molecule has 1 aromatic heterocycles. The average molecular weight is 531 g/mol. The van der Waals surface area contributed by atoms with Gasteiger partial charge >= 0.3 is 0 Å². The summed E-state index contributed by atoms with van der Waals surface area (Å²) < 4.78 is 22.4. The summed E-state index contributed by atoms with van der Waals surface area (Å²) in [5.41, 5.74) is 2.09. The van der Waals surface area contributed by atoms with Gasteiger partial charge in [0, 0.05) is 36.8 Å². The van der Waals surface area contributed by atoms with Crippen molar-refractivity contribution in [3.8, 4) is 23.3 Å². The number of nitrogens with one attached hydrogen (secondary N) is 1. The number of methoxy groups -OCH3 is 2. The van der Waals surface area contributed by atoms with Gasteiger partial charge in [0.15, 0.2) is 11.5 Å². The fraction of sp³-hybridized carbons (Fsp3) is 0.385. The fourth-order valence-corrected chi connectivity index (χ4v) is 4.56. The van der Waals surface area contributed by atoms with Crippen LogP contribution in [0, 0.1) is 11.3 Å². The Morgan fingerprint density at radius 3 is 2.53 bits per heavy atom. The van der Waals surface area contributed by atoms with Crippen LogP contribution in [0.2, 0.25) is 10.0 Å². The molecule has 1 fully saturated rings. The summed E-state index contributed by atoms with van der Waals surface area (Å²) >= 11 is 12.6. The van der Waals surface area contributed by atoms with E-state index in [0.29, 0.717) is 61.7 Å². The summed E-state index contributed by atoms with van der Waals surface area (Å²) in [6.07, 6.45) is 3.48. The molecule has 3 aromatic rings. The molecule has 0 spiro atoms. The lowest BCUT2D eigenvalue weighted by Crippen LogP contribution is -2.36. The maximum atomic E-state index is 9.74. The zero-order chi connectivity index (χ0) is 25.5. The molecule has 0 radical (unpaired) electrons. The third-order valence-corrected chi connectivity index (χ3v) is 6.61. The average Bonchev–Trinajstić information content (AvgIpc) is 2.90. The summed E-state index contributed by atoms with van der Waals surface area (Å²) in [5.74, 6) is 1.61. The number of nitriles is 1. The minimum Gasteiger partial charge on any atom is -0.495 e. The Kier molecular flexibility index (Phi) is 8.94. The van der Waals surface area contributed by atoms with Gasteiger partial charge in [-0.25, -0.2) is 0 Å². The molecule has 36 heavy (non-hydrogen) atoms. The summed E-state index contributed by atoms with van der Waals surface area (Å²) in [4.78, 5) is 6.88. The Labute approximate surface area is 220 Å². The normalized spacial score (nSPS) is 13.9. The molecule has 0 amide bonds. The van der Waals surface area contributed by atoms with Crippen molar-refractivity contribution in [1.82, 2.24) is 9.88 Å². The van der Waals surface area contributed by atoms with Crippen molar-refractivity contribution in [2.45, 2.75) is 12.8 Å². The van der Waals surface area contributed by atoms with Gasteiger partial charge in [-0.3, -0.25) is 9.88 Å². The molecule has 1 aliphatic heterocycles. The SMILES string of the molecule is COc1cc(Nc2c(C#N)cnc3cc(OCCCCN4CCOCC4)c(OC)cc23)c(Cl)cc1Cl. The summed E-state index contributed by atoms with van der Waals surface area (Å²) in [6.45, 7) is 5.18. The van der Waals surface area contributed by atoms with E-state index in [4.69, 9.17) is 42.1 Å². The number of benzene rings is 2. The number of hydrogen-bond acceptors (Lipinski definition) is 8. The zero-order valence-electron chi connectivity index (χ0n) is 20.3. The maximum absolute atomic E-state index is 9.74. The molecule has 0 aliphatic carbocycles. The largest absolute Gasteiger partial charge is 0.495 e. The van der Waals surface area contributed by atoms with E-state index in [-0.39, 0.29) is 0 Å². The minimum absolute atomic E-state index is 0.353. The molecule has 0 atom stereocenters. The van der Waals surface area contributed by atoms with Crippen molar-refractivity contribution < 1.29 is 18.9 Å². The van der Waals surface area contributed by atoms with Crippen LogP contribution in [-0.4, -0.2) is 63.6 Å². The fourth-order valence-electron chi connectivity index (χ4n) is 4.05. The number of morpholine rings is 1. The van der Waals surface area contributed by atoms with Crippen LogP contribution in [0.15, 0.2) is 30.5 Å². The van der Waals surface area contributed by atoms with Gasteiger partial charge in [-0.15, -0.1) is 0 Å². The summed E-state index contributed by atoms with van der Waals surface area (Å²) in [6, 6.07) is 9.10. The van der Waals surface area contributed by atoms with Gasteiger partial charge < -0.3 is 24.3 Å². The molecule has 0 saturated carbocycles. The molecule has 1 N–H and O–H groups in total. The predicted octanol–water partition coefficient (Wildman–Crippen LogP) is 5.67. The van der Waals surface area contributed by atoms with Crippen molar-refractivity contribution >= 4 is 45.5 Å². The highest BCUT2D eigenvalue weighted by atomic mass is 35.5. The second kappa shape index (κ2) is 12.3. The zero-order valence-corrected chi connectivity index (χ0v) is 21.8. The second-order valence-electron chi connectivity index (χ2n) is 8.28. The third kappa shape index (κ3) is 6.05. The maximum Gasteiger partial charge on any atom is 0.163 e. The Bertz CT molecular complexity index is 1260. The number of nitrogens with zero attached hydrogens (tertiary/aromatic N) is 3. The van der Waals surface area contributed by atoms with E-state index in [1.165, 1.54) is 13.3 Å². The molecule has 4 rings (SSSR count). The highest BCUT2D eigenvalue weighted by Crippen LogP contribution is 2.40. The van der Waals surface area contributed by atoms with Crippen LogP contribution in [-0.2, 0) is 4.74 Å². The number of fused-ring (bicyclic) bond motifs is 1. The molecule has 10 heteroatoms. The summed E-state index contributed by atoms with van der Waals surface area (Å²) in [7, 11) is 3.11. The second-order valence-corrected chi connectivity index (χ2v) is 9.09. The number of halogens is 2. The number of rotatable bonds is 10. The van der Waals surface area contributed by atoms with Crippen molar-refractivity contribution in [3.63, 3.8) is 0 Å². The lowest BCUT2D eigenvalue weighted by Gasteiger charge is -2.26. The first-order valence-electron chi connectivity index (χ1n) is 11.7. The van der Waals surface area contributed by atoms with E-state index >= 15 is 0 Å². The highest BCUT2D eigenvalue weighted by molar-refractivity contribution is 6.37. The van der Waals surface area contributed by atoms with Crippen LogP contribution in [0.4, 0.5) is 11.4 Å². The van der Waals surface area contributed by atoms with E-state index in [9.17, 15) is 5.26 Å². The van der Waals surface area contributed by atoms with Gasteiger partial charge in [0.05, 0.1) is 66.5 Å².